The highest BCUT2D eigenvalue weighted by atomic mass is 16.5. The van der Waals surface area contributed by atoms with Crippen LogP contribution in [0.2, 0.25) is 0 Å². The lowest BCUT2D eigenvalue weighted by Gasteiger charge is -2.10. The van der Waals surface area contributed by atoms with E-state index < -0.39 is 0 Å². The molecule has 0 saturated heterocycles. The zero-order valence-corrected chi connectivity index (χ0v) is 13.3. The van der Waals surface area contributed by atoms with Gasteiger partial charge in [-0.3, -0.25) is 4.79 Å². The number of hydrogen-bond acceptors (Lipinski definition) is 2. The molecule has 1 atom stereocenters. The van der Waals surface area contributed by atoms with Crippen LogP contribution in [0, 0.1) is 0 Å². The van der Waals surface area contributed by atoms with Crippen LogP contribution < -0.4 is 4.74 Å². The average molecular weight is 254 g/mol. The molecule has 1 aromatic carbocycles. The van der Waals surface area contributed by atoms with Crippen LogP contribution in [0.25, 0.3) is 0 Å². The standard InChI is InChI=1S/C10H12O2.3C2H6/c1-8(11)9(2)12-10-6-4-3-5-7-10;3*1-2/h3-7,9H,1-2H3;3*1-2H3. The maximum atomic E-state index is 10.8. The second-order valence-electron chi connectivity index (χ2n) is 2.68. The van der Waals surface area contributed by atoms with Gasteiger partial charge in [0.2, 0.25) is 0 Å². The predicted molar refractivity (Wildman–Crippen MR) is 81.3 cm³/mol. The number of carbonyl (C=O) groups excluding carboxylic acids is 1. The van der Waals surface area contributed by atoms with Crippen molar-refractivity contribution in [2.45, 2.75) is 61.5 Å². The maximum Gasteiger partial charge on any atom is 0.169 e. The van der Waals surface area contributed by atoms with Crippen LogP contribution in [0.5, 0.6) is 5.75 Å². The van der Waals surface area contributed by atoms with E-state index in [0.29, 0.717) is 0 Å². The SMILES string of the molecule is CC.CC.CC.CC(=O)C(C)Oc1ccccc1. The van der Waals surface area contributed by atoms with Gasteiger partial charge in [-0.1, -0.05) is 59.7 Å². The zero-order chi connectivity index (χ0) is 15.0. The molecule has 18 heavy (non-hydrogen) atoms. The molecular formula is C16H30O2. The third-order valence-electron chi connectivity index (χ3n) is 1.63. The van der Waals surface area contributed by atoms with E-state index in [1.54, 1.807) is 6.92 Å². The van der Waals surface area contributed by atoms with Crippen molar-refractivity contribution >= 4 is 5.78 Å². The highest BCUT2D eigenvalue weighted by Crippen LogP contribution is 2.10. The smallest absolute Gasteiger partial charge is 0.169 e. The van der Waals surface area contributed by atoms with Crippen LogP contribution in [0.3, 0.4) is 0 Å². The summed E-state index contributed by atoms with van der Waals surface area (Å²) in [5.74, 6) is 0.777. The average Bonchev–Trinajstić information content (AvgIpc) is 2.46. The summed E-state index contributed by atoms with van der Waals surface area (Å²) >= 11 is 0. The van der Waals surface area contributed by atoms with Crippen LogP contribution in [-0.2, 0) is 4.79 Å². The molecule has 0 aliphatic rings. The zero-order valence-electron chi connectivity index (χ0n) is 13.3. The molecular weight excluding hydrogens is 224 g/mol. The molecule has 0 saturated carbocycles. The Morgan fingerprint density at radius 3 is 1.67 bits per heavy atom. The third-order valence-corrected chi connectivity index (χ3v) is 1.63. The first-order valence-corrected chi connectivity index (χ1v) is 6.92. The minimum Gasteiger partial charge on any atom is -0.483 e. The van der Waals surface area contributed by atoms with Crippen molar-refractivity contribution < 1.29 is 9.53 Å². The van der Waals surface area contributed by atoms with Gasteiger partial charge in [0.05, 0.1) is 0 Å². The number of Topliss-reactive ketones (excluding diaryl/α,β-unsaturated/α-hetero) is 1. The molecule has 0 N–H and O–H groups in total. The maximum absolute atomic E-state index is 10.8. The largest absolute Gasteiger partial charge is 0.483 e. The molecule has 0 heterocycles. The molecule has 0 aliphatic carbocycles. The van der Waals surface area contributed by atoms with Crippen LogP contribution in [-0.4, -0.2) is 11.9 Å². The first kappa shape index (κ1) is 21.9. The number of hydrogen-bond donors (Lipinski definition) is 0. The van der Waals surface area contributed by atoms with Crippen molar-refractivity contribution in [2.24, 2.45) is 0 Å². The normalized spacial score (nSPS) is 9.11. The van der Waals surface area contributed by atoms with Crippen LogP contribution in [0.1, 0.15) is 55.4 Å². The Balaban J connectivity index is -0.000000328. The van der Waals surface area contributed by atoms with E-state index in [0.717, 1.165) is 5.75 Å². The number of ketones is 1. The van der Waals surface area contributed by atoms with E-state index in [1.807, 2.05) is 71.9 Å². The summed E-state index contributed by atoms with van der Waals surface area (Å²) in [6.07, 6.45) is -0.354. The quantitative estimate of drug-likeness (QED) is 0.748. The molecule has 0 amide bonds. The molecule has 2 nitrogen and oxygen atoms in total. The number of rotatable bonds is 3. The van der Waals surface area contributed by atoms with E-state index in [2.05, 4.69) is 0 Å². The summed E-state index contributed by atoms with van der Waals surface area (Å²) in [5.41, 5.74) is 0. The Hall–Kier alpha value is -1.31. The summed E-state index contributed by atoms with van der Waals surface area (Å²) in [4.78, 5) is 10.8. The van der Waals surface area contributed by atoms with Gasteiger partial charge in [0.25, 0.3) is 0 Å². The summed E-state index contributed by atoms with van der Waals surface area (Å²) in [6.45, 7) is 15.3. The Labute approximate surface area is 113 Å². The molecule has 1 unspecified atom stereocenters. The Kier molecular flexibility index (Phi) is 22.0. The summed E-state index contributed by atoms with van der Waals surface area (Å²) in [7, 11) is 0. The summed E-state index contributed by atoms with van der Waals surface area (Å²) in [5, 5.41) is 0. The minimum atomic E-state index is -0.354. The Morgan fingerprint density at radius 2 is 1.33 bits per heavy atom. The van der Waals surface area contributed by atoms with Gasteiger partial charge >= 0.3 is 0 Å². The number of carbonyl (C=O) groups is 1. The number of benzene rings is 1. The molecule has 2 heteroatoms. The molecule has 1 aromatic rings. The number of para-hydroxylation sites is 1. The van der Waals surface area contributed by atoms with E-state index in [1.165, 1.54) is 6.92 Å². The molecule has 1 rings (SSSR count). The lowest BCUT2D eigenvalue weighted by molar-refractivity contribution is -0.122. The van der Waals surface area contributed by atoms with Crippen LogP contribution in [0.15, 0.2) is 30.3 Å². The van der Waals surface area contributed by atoms with Crippen molar-refractivity contribution in [1.29, 1.82) is 0 Å². The molecule has 106 valence electrons. The third kappa shape index (κ3) is 12.8. The van der Waals surface area contributed by atoms with E-state index >= 15 is 0 Å². The molecule has 0 radical (unpaired) electrons. The van der Waals surface area contributed by atoms with Gasteiger partial charge in [-0.05, 0) is 26.0 Å². The van der Waals surface area contributed by atoms with Gasteiger partial charge in [0.15, 0.2) is 11.9 Å². The van der Waals surface area contributed by atoms with Crippen LogP contribution in [0.4, 0.5) is 0 Å². The molecule has 0 aliphatic heterocycles. The van der Waals surface area contributed by atoms with Crippen molar-refractivity contribution in [3.05, 3.63) is 30.3 Å². The highest BCUT2D eigenvalue weighted by Gasteiger charge is 2.07. The monoisotopic (exact) mass is 254 g/mol. The fraction of sp³-hybridized carbons (Fsp3) is 0.562. The van der Waals surface area contributed by atoms with Crippen molar-refractivity contribution in [3.8, 4) is 5.75 Å². The minimum absolute atomic E-state index is 0.0406. The summed E-state index contributed by atoms with van der Waals surface area (Å²) < 4.78 is 5.33. The van der Waals surface area contributed by atoms with Crippen molar-refractivity contribution in [1.82, 2.24) is 0 Å². The molecule has 0 spiro atoms. The first-order valence-electron chi connectivity index (χ1n) is 6.92. The predicted octanol–water partition coefficient (Wildman–Crippen LogP) is 5.12. The lowest BCUT2D eigenvalue weighted by Crippen LogP contribution is -2.20. The second-order valence-corrected chi connectivity index (χ2v) is 2.68. The molecule has 0 fully saturated rings. The van der Waals surface area contributed by atoms with E-state index in [-0.39, 0.29) is 11.9 Å². The van der Waals surface area contributed by atoms with E-state index in [4.69, 9.17) is 4.74 Å². The van der Waals surface area contributed by atoms with Gasteiger partial charge in [0, 0.05) is 0 Å². The van der Waals surface area contributed by atoms with E-state index in [9.17, 15) is 4.79 Å². The molecule has 0 bridgehead atoms. The van der Waals surface area contributed by atoms with Crippen LogP contribution >= 0.6 is 0 Å². The lowest BCUT2D eigenvalue weighted by atomic mass is 10.3. The molecule has 0 aromatic heterocycles. The van der Waals surface area contributed by atoms with Gasteiger partial charge < -0.3 is 4.74 Å². The number of ether oxygens (including phenoxy) is 1. The Bertz CT molecular complexity index is 255. The second kappa shape index (κ2) is 18.1. The summed E-state index contributed by atoms with van der Waals surface area (Å²) in [6, 6.07) is 9.33. The first-order chi connectivity index (χ1) is 8.70. The fourth-order valence-electron chi connectivity index (χ4n) is 0.786. The van der Waals surface area contributed by atoms with Gasteiger partial charge in [0.1, 0.15) is 5.75 Å². The van der Waals surface area contributed by atoms with Crippen molar-refractivity contribution in [3.63, 3.8) is 0 Å². The Morgan fingerprint density at radius 1 is 0.944 bits per heavy atom. The van der Waals surface area contributed by atoms with Gasteiger partial charge in [-0.2, -0.15) is 0 Å². The highest BCUT2D eigenvalue weighted by molar-refractivity contribution is 5.80. The van der Waals surface area contributed by atoms with Crippen molar-refractivity contribution in [2.75, 3.05) is 0 Å². The van der Waals surface area contributed by atoms with Gasteiger partial charge in [-0.25, -0.2) is 0 Å². The van der Waals surface area contributed by atoms with Gasteiger partial charge in [-0.15, -0.1) is 0 Å². The fourth-order valence-corrected chi connectivity index (χ4v) is 0.786. The topological polar surface area (TPSA) is 26.3 Å².